The smallest absolute Gasteiger partial charge is 0.308 e. The summed E-state index contributed by atoms with van der Waals surface area (Å²) in [7, 11) is 0. The maximum absolute atomic E-state index is 11.6. The van der Waals surface area contributed by atoms with Crippen molar-refractivity contribution in [1.82, 2.24) is 4.90 Å². The van der Waals surface area contributed by atoms with E-state index in [0.29, 0.717) is 31.3 Å². The van der Waals surface area contributed by atoms with Gasteiger partial charge in [-0.25, -0.2) is 0 Å². The second-order valence-corrected chi connectivity index (χ2v) is 4.85. The van der Waals surface area contributed by atoms with Crippen LogP contribution in [-0.2, 0) is 9.59 Å². The molecule has 4 heteroatoms. The van der Waals surface area contributed by atoms with Gasteiger partial charge in [-0.15, -0.1) is 0 Å². The van der Waals surface area contributed by atoms with Crippen LogP contribution >= 0.6 is 0 Å². The number of carbonyl (C=O) groups is 2. The van der Waals surface area contributed by atoms with Gasteiger partial charge >= 0.3 is 5.97 Å². The molecule has 84 valence electrons. The molecule has 0 bridgehead atoms. The minimum atomic E-state index is -0.764. The van der Waals surface area contributed by atoms with Gasteiger partial charge in [0.05, 0.1) is 5.92 Å². The van der Waals surface area contributed by atoms with Crippen molar-refractivity contribution in [3.63, 3.8) is 0 Å². The van der Waals surface area contributed by atoms with E-state index in [1.807, 2.05) is 0 Å². The number of carbonyl (C=O) groups excluding carboxylic acids is 1. The maximum Gasteiger partial charge on any atom is 0.308 e. The first-order valence-electron chi connectivity index (χ1n) is 5.60. The summed E-state index contributed by atoms with van der Waals surface area (Å²) in [5, 5.41) is 8.93. The van der Waals surface area contributed by atoms with Crippen LogP contribution in [0.4, 0.5) is 0 Å². The third-order valence-corrected chi connectivity index (χ3v) is 3.58. The van der Waals surface area contributed by atoms with E-state index in [2.05, 4.69) is 6.92 Å². The minimum Gasteiger partial charge on any atom is -0.481 e. The highest BCUT2D eigenvalue weighted by atomic mass is 16.4. The van der Waals surface area contributed by atoms with Gasteiger partial charge in [-0.2, -0.15) is 0 Å². The van der Waals surface area contributed by atoms with Gasteiger partial charge < -0.3 is 10.0 Å². The average Bonchev–Trinajstić information content (AvgIpc) is 2.14. The predicted octanol–water partition coefficient (Wildman–Crippen LogP) is 1.11. The van der Waals surface area contributed by atoms with Crippen LogP contribution in [0.15, 0.2) is 0 Å². The maximum atomic E-state index is 11.6. The van der Waals surface area contributed by atoms with Gasteiger partial charge in [0.25, 0.3) is 0 Å². The molecular formula is C11H17NO3. The van der Waals surface area contributed by atoms with Gasteiger partial charge in [-0.1, -0.05) is 6.92 Å². The van der Waals surface area contributed by atoms with Crippen molar-refractivity contribution >= 4 is 11.9 Å². The Kier molecular flexibility index (Phi) is 2.67. The number of piperidine rings is 1. The van der Waals surface area contributed by atoms with Gasteiger partial charge in [-0.3, -0.25) is 9.59 Å². The standard InChI is InChI=1S/C11H17NO3/c1-7-4-9(5-7)12-6-8(11(14)15)2-3-10(12)13/h7-9H,2-6H2,1H3,(H,14,15). The summed E-state index contributed by atoms with van der Waals surface area (Å²) < 4.78 is 0. The molecule has 1 unspecified atom stereocenters. The van der Waals surface area contributed by atoms with Crippen molar-refractivity contribution < 1.29 is 14.7 Å². The number of likely N-dealkylation sites (tertiary alicyclic amines) is 1. The van der Waals surface area contributed by atoms with E-state index in [1.165, 1.54) is 0 Å². The Balaban J connectivity index is 1.96. The summed E-state index contributed by atoms with van der Waals surface area (Å²) in [6.45, 7) is 2.59. The lowest BCUT2D eigenvalue weighted by molar-refractivity contribution is -0.150. The van der Waals surface area contributed by atoms with Gasteiger partial charge in [-0.05, 0) is 25.2 Å². The number of amides is 1. The Morgan fingerprint density at radius 1 is 1.47 bits per heavy atom. The second-order valence-electron chi connectivity index (χ2n) is 4.85. The lowest BCUT2D eigenvalue weighted by atomic mass is 9.79. The predicted molar refractivity (Wildman–Crippen MR) is 54.3 cm³/mol. The Morgan fingerprint density at radius 2 is 2.13 bits per heavy atom. The summed E-state index contributed by atoms with van der Waals surface area (Å²) in [4.78, 5) is 24.3. The number of carboxylic acids is 1. The van der Waals surface area contributed by atoms with E-state index in [1.54, 1.807) is 4.90 Å². The van der Waals surface area contributed by atoms with Crippen molar-refractivity contribution in [3.05, 3.63) is 0 Å². The van der Waals surface area contributed by atoms with Gasteiger partial charge in [0.2, 0.25) is 5.91 Å². The van der Waals surface area contributed by atoms with Crippen LogP contribution < -0.4 is 0 Å². The van der Waals surface area contributed by atoms with Crippen LogP contribution in [0.1, 0.15) is 32.6 Å². The fourth-order valence-electron chi connectivity index (χ4n) is 2.54. The summed E-state index contributed by atoms with van der Waals surface area (Å²) in [6, 6.07) is 0.314. The zero-order chi connectivity index (χ0) is 11.0. The monoisotopic (exact) mass is 211 g/mol. The molecule has 0 spiro atoms. The molecule has 1 atom stereocenters. The summed E-state index contributed by atoms with van der Waals surface area (Å²) in [6.07, 6.45) is 2.99. The molecule has 0 aromatic rings. The van der Waals surface area contributed by atoms with Crippen molar-refractivity contribution in [2.24, 2.45) is 11.8 Å². The van der Waals surface area contributed by atoms with E-state index < -0.39 is 5.97 Å². The Labute approximate surface area is 89.3 Å². The normalized spacial score (nSPS) is 36.2. The zero-order valence-corrected chi connectivity index (χ0v) is 8.98. The highest BCUT2D eigenvalue weighted by molar-refractivity contribution is 5.80. The van der Waals surface area contributed by atoms with Crippen molar-refractivity contribution in [1.29, 1.82) is 0 Å². The SMILES string of the molecule is CC1CC(N2CC(C(=O)O)CCC2=O)C1. The first kappa shape index (κ1) is 10.5. The number of carboxylic acid groups (broad SMARTS) is 1. The van der Waals surface area contributed by atoms with Crippen LogP contribution in [0.5, 0.6) is 0 Å². The number of rotatable bonds is 2. The summed E-state index contributed by atoms with van der Waals surface area (Å²) in [5.41, 5.74) is 0. The van der Waals surface area contributed by atoms with E-state index in [4.69, 9.17) is 5.11 Å². The Hall–Kier alpha value is -1.06. The molecule has 0 radical (unpaired) electrons. The number of aliphatic carboxylic acids is 1. The third kappa shape index (κ3) is 1.98. The fourth-order valence-corrected chi connectivity index (χ4v) is 2.54. The van der Waals surface area contributed by atoms with Crippen LogP contribution in [0.2, 0.25) is 0 Å². The van der Waals surface area contributed by atoms with E-state index in [0.717, 1.165) is 12.8 Å². The number of hydrogen-bond donors (Lipinski definition) is 1. The third-order valence-electron chi connectivity index (χ3n) is 3.58. The molecule has 4 nitrogen and oxygen atoms in total. The molecule has 1 amide bonds. The molecule has 0 aromatic heterocycles. The summed E-state index contributed by atoms with van der Waals surface area (Å²) >= 11 is 0. The molecular weight excluding hydrogens is 194 g/mol. The van der Waals surface area contributed by atoms with Crippen LogP contribution in [0.3, 0.4) is 0 Å². The first-order valence-corrected chi connectivity index (χ1v) is 5.60. The molecule has 1 saturated heterocycles. The minimum absolute atomic E-state index is 0.143. The van der Waals surface area contributed by atoms with Gasteiger partial charge in [0.1, 0.15) is 0 Å². The summed E-state index contributed by atoms with van der Waals surface area (Å²) in [5.74, 6) is -0.282. The van der Waals surface area contributed by atoms with Crippen LogP contribution in [-0.4, -0.2) is 34.5 Å². The van der Waals surface area contributed by atoms with Crippen molar-refractivity contribution in [2.45, 2.75) is 38.6 Å². The van der Waals surface area contributed by atoms with Gasteiger partial charge in [0.15, 0.2) is 0 Å². The highest BCUT2D eigenvalue weighted by Gasteiger charge is 2.38. The lowest BCUT2D eigenvalue weighted by Gasteiger charge is -2.44. The molecule has 1 N–H and O–H groups in total. The van der Waals surface area contributed by atoms with Crippen LogP contribution in [0, 0.1) is 11.8 Å². The highest BCUT2D eigenvalue weighted by Crippen LogP contribution is 2.34. The zero-order valence-electron chi connectivity index (χ0n) is 8.98. The molecule has 2 rings (SSSR count). The lowest BCUT2D eigenvalue weighted by Crippen LogP contribution is -2.52. The molecule has 0 aromatic carbocycles. The topological polar surface area (TPSA) is 57.6 Å². The molecule has 2 fully saturated rings. The molecule has 1 heterocycles. The first-order chi connectivity index (χ1) is 7.08. The van der Waals surface area contributed by atoms with Crippen molar-refractivity contribution in [2.75, 3.05) is 6.54 Å². The van der Waals surface area contributed by atoms with E-state index in [9.17, 15) is 9.59 Å². The molecule has 1 aliphatic heterocycles. The molecule has 1 saturated carbocycles. The molecule has 2 aliphatic rings. The average molecular weight is 211 g/mol. The number of nitrogens with zero attached hydrogens (tertiary/aromatic N) is 1. The Bertz CT molecular complexity index is 284. The van der Waals surface area contributed by atoms with Gasteiger partial charge in [0, 0.05) is 19.0 Å². The van der Waals surface area contributed by atoms with Crippen LogP contribution in [0.25, 0.3) is 0 Å². The van der Waals surface area contributed by atoms with E-state index >= 15 is 0 Å². The largest absolute Gasteiger partial charge is 0.481 e. The molecule has 1 aliphatic carbocycles. The quantitative estimate of drug-likeness (QED) is 0.744. The fraction of sp³-hybridized carbons (Fsp3) is 0.818. The Morgan fingerprint density at radius 3 is 2.67 bits per heavy atom. The van der Waals surface area contributed by atoms with E-state index in [-0.39, 0.29) is 11.8 Å². The van der Waals surface area contributed by atoms with Crippen molar-refractivity contribution in [3.8, 4) is 0 Å². The number of hydrogen-bond acceptors (Lipinski definition) is 2. The molecule has 15 heavy (non-hydrogen) atoms. The second kappa shape index (κ2) is 3.83.